The summed E-state index contributed by atoms with van der Waals surface area (Å²) < 4.78 is 0. The maximum Gasteiger partial charge on any atom is 0.0639 e. The molecule has 0 amide bonds. The van der Waals surface area contributed by atoms with Gasteiger partial charge in [0.05, 0.1) is 12.2 Å². The molecule has 0 atom stereocenters. The van der Waals surface area contributed by atoms with Gasteiger partial charge in [-0.2, -0.15) is 0 Å². The first-order chi connectivity index (χ1) is 8.31. The number of anilines is 1. The van der Waals surface area contributed by atoms with E-state index in [1.165, 1.54) is 5.56 Å². The maximum absolute atomic E-state index is 5.68. The van der Waals surface area contributed by atoms with Crippen molar-refractivity contribution in [3.8, 4) is 0 Å². The van der Waals surface area contributed by atoms with E-state index in [2.05, 4.69) is 29.4 Å². The Morgan fingerprint density at radius 3 is 2.76 bits per heavy atom. The normalized spacial score (nSPS) is 10.2. The van der Waals surface area contributed by atoms with Crippen molar-refractivity contribution in [2.45, 2.75) is 20.0 Å². The van der Waals surface area contributed by atoms with Crippen LogP contribution in [0.4, 0.5) is 5.69 Å². The molecule has 3 N–H and O–H groups in total. The van der Waals surface area contributed by atoms with Crippen LogP contribution < -0.4 is 11.1 Å². The zero-order valence-electron chi connectivity index (χ0n) is 9.98. The van der Waals surface area contributed by atoms with Crippen LogP contribution in [0.15, 0.2) is 42.6 Å². The van der Waals surface area contributed by atoms with Gasteiger partial charge in [0.15, 0.2) is 0 Å². The number of hydrogen-bond donors (Lipinski definition) is 2. The van der Waals surface area contributed by atoms with Gasteiger partial charge >= 0.3 is 0 Å². The van der Waals surface area contributed by atoms with Crippen LogP contribution in [0.2, 0.25) is 0 Å². The lowest BCUT2D eigenvalue weighted by atomic mass is 10.1. The monoisotopic (exact) mass is 227 g/mol. The average molecular weight is 227 g/mol. The molecule has 1 aromatic carbocycles. The molecule has 0 radical (unpaired) electrons. The largest absolute Gasteiger partial charge is 0.379 e. The molecule has 0 aliphatic carbocycles. The van der Waals surface area contributed by atoms with Gasteiger partial charge in [0, 0.05) is 18.4 Å². The van der Waals surface area contributed by atoms with Gasteiger partial charge in [-0.3, -0.25) is 4.98 Å². The second-order valence-corrected chi connectivity index (χ2v) is 3.98. The zero-order chi connectivity index (χ0) is 12.1. The molecule has 3 nitrogen and oxygen atoms in total. The van der Waals surface area contributed by atoms with Gasteiger partial charge in [0.25, 0.3) is 0 Å². The van der Waals surface area contributed by atoms with Gasteiger partial charge < -0.3 is 11.1 Å². The number of nitrogens with two attached hydrogens (primary N) is 1. The number of rotatable bonds is 4. The highest BCUT2D eigenvalue weighted by atomic mass is 14.9. The molecule has 2 rings (SSSR count). The number of nitrogens with zero attached hydrogens (tertiary/aromatic N) is 1. The quantitative estimate of drug-likeness (QED) is 0.843. The number of hydrogen-bond acceptors (Lipinski definition) is 3. The first-order valence-electron chi connectivity index (χ1n) is 5.73. The Labute approximate surface area is 102 Å². The fourth-order valence-corrected chi connectivity index (χ4v) is 1.77. The van der Waals surface area contributed by atoms with Crippen LogP contribution in [-0.2, 0) is 13.1 Å². The SMILES string of the molecule is Cc1ccccc1NCc1ncccc1CN. The van der Waals surface area contributed by atoms with Crippen LogP contribution in [0.3, 0.4) is 0 Å². The molecule has 2 aromatic rings. The smallest absolute Gasteiger partial charge is 0.0639 e. The van der Waals surface area contributed by atoms with Crippen LogP contribution in [0.1, 0.15) is 16.8 Å². The average Bonchev–Trinajstić information content (AvgIpc) is 2.38. The zero-order valence-corrected chi connectivity index (χ0v) is 9.98. The lowest BCUT2D eigenvalue weighted by molar-refractivity contribution is 0.950. The highest BCUT2D eigenvalue weighted by Gasteiger charge is 2.02. The lowest BCUT2D eigenvalue weighted by Crippen LogP contribution is -2.08. The van der Waals surface area contributed by atoms with Crippen LogP contribution in [0.5, 0.6) is 0 Å². The molecule has 0 saturated heterocycles. The second kappa shape index (κ2) is 5.46. The van der Waals surface area contributed by atoms with Crippen molar-refractivity contribution in [2.24, 2.45) is 5.73 Å². The van der Waals surface area contributed by atoms with E-state index < -0.39 is 0 Å². The van der Waals surface area contributed by atoms with Crippen LogP contribution >= 0.6 is 0 Å². The van der Waals surface area contributed by atoms with Crippen molar-refractivity contribution in [1.82, 2.24) is 4.98 Å². The highest BCUT2D eigenvalue weighted by Crippen LogP contribution is 2.15. The Morgan fingerprint density at radius 2 is 2.00 bits per heavy atom. The van der Waals surface area contributed by atoms with Crippen molar-refractivity contribution in [2.75, 3.05) is 5.32 Å². The summed E-state index contributed by atoms with van der Waals surface area (Å²) >= 11 is 0. The van der Waals surface area contributed by atoms with E-state index in [0.29, 0.717) is 13.1 Å². The third-order valence-corrected chi connectivity index (χ3v) is 2.80. The Bertz CT molecular complexity index is 494. The van der Waals surface area contributed by atoms with Crippen molar-refractivity contribution in [3.05, 3.63) is 59.4 Å². The third-order valence-electron chi connectivity index (χ3n) is 2.80. The molecule has 0 aliphatic heterocycles. The van der Waals surface area contributed by atoms with E-state index in [1.54, 1.807) is 6.20 Å². The van der Waals surface area contributed by atoms with Crippen molar-refractivity contribution in [3.63, 3.8) is 0 Å². The summed E-state index contributed by atoms with van der Waals surface area (Å²) in [5.74, 6) is 0. The molecule has 0 unspecified atom stereocenters. The second-order valence-electron chi connectivity index (χ2n) is 3.98. The molecule has 88 valence electrons. The van der Waals surface area contributed by atoms with E-state index in [9.17, 15) is 0 Å². The Balaban J connectivity index is 2.10. The van der Waals surface area contributed by atoms with Crippen LogP contribution in [-0.4, -0.2) is 4.98 Å². The molecule has 0 spiro atoms. The topological polar surface area (TPSA) is 50.9 Å². The summed E-state index contributed by atoms with van der Waals surface area (Å²) in [7, 11) is 0. The van der Waals surface area contributed by atoms with Crippen molar-refractivity contribution >= 4 is 5.69 Å². The molecular formula is C14H17N3. The summed E-state index contributed by atoms with van der Waals surface area (Å²) in [6.45, 7) is 3.32. The molecule has 1 aromatic heterocycles. The van der Waals surface area contributed by atoms with Gasteiger partial charge in [0.2, 0.25) is 0 Å². The minimum atomic E-state index is 0.526. The Hall–Kier alpha value is -1.87. The van der Waals surface area contributed by atoms with Crippen molar-refractivity contribution in [1.29, 1.82) is 0 Å². The van der Waals surface area contributed by atoms with Gasteiger partial charge in [-0.1, -0.05) is 24.3 Å². The number of para-hydroxylation sites is 1. The first-order valence-corrected chi connectivity index (χ1v) is 5.73. The number of aromatic nitrogens is 1. The summed E-state index contributed by atoms with van der Waals surface area (Å²) in [4.78, 5) is 4.35. The first kappa shape index (κ1) is 11.6. The standard InChI is InChI=1S/C14H17N3/c1-11-5-2-3-7-13(11)17-10-14-12(9-15)6-4-8-16-14/h2-8,17H,9-10,15H2,1H3. The predicted octanol–water partition coefficient (Wildman–Crippen LogP) is 2.46. The molecule has 17 heavy (non-hydrogen) atoms. The number of nitrogens with one attached hydrogen (secondary N) is 1. The van der Waals surface area contributed by atoms with E-state index in [0.717, 1.165) is 16.9 Å². The van der Waals surface area contributed by atoms with E-state index in [4.69, 9.17) is 5.73 Å². The third kappa shape index (κ3) is 2.82. The minimum absolute atomic E-state index is 0.526. The van der Waals surface area contributed by atoms with Gasteiger partial charge in [-0.25, -0.2) is 0 Å². The molecule has 0 fully saturated rings. The highest BCUT2D eigenvalue weighted by molar-refractivity contribution is 5.50. The summed E-state index contributed by atoms with van der Waals surface area (Å²) in [5.41, 5.74) is 10.2. The number of aryl methyl sites for hydroxylation is 1. The summed E-state index contributed by atoms with van der Waals surface area (Å²) in [6.07, 6.45) is 1.80. The molecule has 1 heterocycles. The van der Waals surface area contributed by atoms with Crippen LogP contribution in [0, 0.1) is 6.92 Å². The Morgan fingerprint density at radius 1 is 1.18 bits per heavy atom. The maximum atomic E-state index is 5.68. The predicted molar refractivity (Wildman–Crippen MR) is 70.6 cm³/mol. The van der Waals surface area contributed by atoms with Crippen molar-refractivity contribution < 1.29 is 0 Å². The summed E-state index contributed by atoms with van der Waals surface area (Å²) in [6, 6.07) is 12.1. The number of benzene rings is 1. The summed E-state index contributed by atoms with van der Waals surface area (Å²) in [5, 5.41) is 3.39. The van der Waals surface area contributed by atoms with E-state index >= 15 is 0 Å². The Kier molecular flexibility index (Phi) is 3.73. The van der Waals surface area contributed by atoms with Gasteiger partial charge in [-0.05, 0) is 30.2 Å². The van der Waals surface area contributed by atoms with Crippen LogP contribution in [0.25, 0.3) is 0 Å². The fourth-order valence-electron chi connectivity index (χ4n) is 1.77. The van der Waals surface area contributed by atoms with E-state index in [1.807, 2.05) is 24.3 Å². The molecular weight excluding hydrogens is 210 g/mol. The molecule has 0 aliphatic rings. The molecule has 0 bridgehead atoms. The molecule has 0 saturated carbocycles. The van der Waals surface area contributed by atoms with Gasteiger partial charge in [0.1, 0.15) is 0 Å². The molecule has 3 heteroatoms. The lowest BCUT2D eigenvalue weighted by Gasteiger charge is -2.11. The number of pyridine rings is 1. The minimum Gasteiger partial charge on any atom is -0.379 e. The fraction of sp³-hybridized carbons (Fsp3) is 0.214. The van der Waals surface area contributed by atoms with Gasteiger partial charge in [-0.15, -0.1) is 0 Å². The van der Waals surface area contributed by atoms with E-state index in [-0.39, 0.29) is 0 Å².